The largest absolute Gasteiger partial charge is 0.377 e. The van der Waals surface area contributed by atoms with E-state index < -0.39 is 0 Å². The molecule has 110 valence electrons. The summed E-state index contributed by atoms with van der Waals surface area (Å²) in [5, 5.41) is 0. The lowest BCUT2D eigenvalue weighted by atomic mass is 10.1. The van der Waals surface area contributed by atoms with Gasteiger partial charge in [-0.1, -0.05) is 28.1 Å². The van der Waals surface area contributed by atoms with Crippen molar-refractivity contribution < 1.29 is 9.53 Å². The van der Waals surface area contributed by atoms with Crippen molar-refractivity contribution in [3.05, 3.63) is 34.3 Å². The molecule has 1 aromatic rings. The topological polar surface area (TPSA) is 29.5 Å². The molecular formula is C16H22BrNO2. The maximum atomic E-state index is 12.2. The van der Waals surface area contributed by atoms with Crippen LogP contribution in [0.1, 0.15) is 36.5 Å². The molecule has 0 N–H and O–H groups in total. The Bertz CT molecular complexity index is 448. The van der Waals surface area contributed by atoms with E-state index >= 15 is 0 Å². The number of Topliss-reactive ketones (excluding diaryl/α,β-unsaturated/α-hetero) is 1. The van der Waals surface area contributed by atoms with E-state index in [9.17, 15) is 4.79 Å². The Morgan fingerprint density at radius 2 is 2.35 bits per heavy atom. The van der Waals surface area contributed by atoms with Crippen LogP contribution in [0.5, 0.6) is 0 Å². The molecule has 0 radical (unpaired) electrons. The molecule has 0 amide bonds. The van der Waals surface area contributed by atoms with Crippen molar-refractivity contribution in [1.82, 2.24) is 4.90 Å². The molecule has 0 spiro atoms. The van der Waals surface area contributed by atoms with E-state index in [2.05, 4.69) is 20.8 Å². The Balaban J connectivity index is 1.81. The molecule has 0 saturated carbocycles. The highest BCUT2D eigenvalue weighted by atomic mass is 79.9. The molecule has 2 rings (SSSR count). The minimum Gasteiger partial charge on any atom is -0.377 e. The number of halogens is 1. The first-order valence-electron chi connectivity index (χ1n) is 7.31. The number of piperidine rings is 1. The van der Waals surface area contributed by atoms with Crippen LogP contribution in [0.2, 0.25) is 0 Å². The molecule has 1 heterocycles. The maximum absolute atomic E-state index is 12.2. The monoisotopic (exact) mass is 339 g/mol. The van der Waals surface area contributed by atoms with Gasteiger partial charge in [0.05, 0.1) is 6.10 Å². The van der Waals surface area contributed by atoms with Gasteiger partial charge in [-0.2, -0.15) is 0 Å². The number of carbonyl (C=O) groups excluding carboxylic acids is 1. The number of ketones is 1. The minimum atomic E-state index is 0.213. The van der Waals surface area contributed by atoms with Gasteiger partial charge >= 0.3 is 0 Å². The highest BCUT2D eigenvalue weighted by Crippen LogP contribution is 2.16. The summed E-state index contributed by atoms with van der Waals surface area (Å²) in [6, 6.07) is 7.62. The molecule has 1 atom stereocenters. The Morgan fingerprint density at radius 3 is 3.10 bits per heavy atom. The summed E-state index contributed by atoms with van der Waals surface area (Å²) in [7, 11) is 0. The van der Waals surface area contributed by atoms with Crippen molar-refractivity contribution in [2.45, 2.75) is 32.3 Å². The summed E-state index contributed by atoms with van der Waals surface area (Å²) in [6.07, 6.45) is 3.23. The van der Waals surface area contributed by atoms with E-state index in [1.165, 1.54) is 0 Å². The zero-order valence-corrected chi connectivity index (χ0v) is 13.6. The van der Waals surface area contributed by atoms with Crippen molar-refractivity contribution in [2.24, 2.45) is 0 Å². The average Bonchev–Trinajstić information content (AvgIpc) is 2.45. The van der Waals surface area contributed by atoms with Crippen LogP contribution in [0.15, 0.2) is 28.7 Å². The zero-order valence-electron chi connectivity index (χ0n) is 12.0. The first kappa shape index (κ1) is 15.7. The van der Waals surface area contributed by atoms with E-state index in [1.54, 1.807) is 0 Å². The molecule has 1 aliphatic rings. The molecule has 0 bridgehead atoms. The number of rotatable bonds is 6. The molecule has 1 aromatic carbocycles. The Labute approximate surface area is 129 Å². The molecule has 0 aromatic heterocycles. The van der Waals surface area contributed by atoms with Crippen LogP contribution >= 0.6 is 15.9 Å². The van der Waals surface area contributed by atoms with Crippen LogP contribution in [-0.4, -0.2) is 43.0 Å². The van der Waals surface area contributed by atoms with Crippen LogP contribution in [0, 0.1) is 0 Å². The molecule has 1 aliphatic heterocycles. The van der Waals surface area contributed by atoms with Crippen LogP contribution in [0.3, 0.4) is 0 Å². The predicted octanol–water partition coefficient (Wildman–Crippen LogP) is 3.52. The fraction of sp³-hybridized carbons (Fsp3) is 0.562. The molecule has 1 fully saturated rings. The quantitative estimate of drug-likeness (QED) is 0.742. The number of nitrogens with zero attached hydrogens (tertiary/aromatic N) is 1. The van der Waals surface area contributed by atoms with Crippen LogP contribution in [0.4, 0.5) is 0 Å². The van der Waals surface area contributed by atoms with Crippen molar-refractivity contribution in [3.8, 4) is 0 Å². The van der Waals surface area contributed by atoms with Gasteiger partial charge < -0.3 is 9.64 Å². The number of likely N-dealkylation sites (tertiary alicyclic amines) is 1. The summed E-state index contributed by atoms with van der Waals surface area (Å²) in [6.45, 7) is 5.68. The molecule has 0 aliphatic carbocycles. The Kier molecular flexibility index (Phi) is 6.20. The number of hydrogen-bond acceptors (Lipinski definition) is 3. The lowest BCUT2D eigenvalue weighted by molar-refractivity contribution is 0.00589. The second-order valence-electron chi connectivity index (χ2n) is 5.20. The standard InChI is InChI=1S/C16H22BrNO2/c1-2-20-15-7-4-9-18(12-15)10-8-16(19)13-5-3-6-14(17)11-13/h3,5-6,11,15H,2,4,7-10,12H2,1H3. The number of ether oxygens (including phenoxy) is 1. The SMILES string of the molecule is CCOC1CCCN(CCC(=O)c2cccc(Br)c2)C1. The lowest BCUT2D eigenvalue weighted by Gasteiger charge is -2.32. The van der Waals surface area contributed by atoms with E-state index in [4.69, 9.17) is 4.74 Å². The van der Waals surface area contributed by atoms with Gasteiger partial charge in [-0.25, -0.2) is 0 Å². The maximum Gasteiger partial charge on any atom is 0.164 e. The van der Waals surface area contributed by atoms with Gasteiger partial charge in [0.2, 0.25) is 0 Å². The van der Waals surface area contributed by atoms with Crippen molar-refractivity contribution in [1.29, 1.82) is 0 Å². The van der Waals surface area contributed by atoms with Crippen LogP contribution < -0.4 is 0 Å². The van der Waals surface area contributed by atoms with Gasteiger partial charge in [0.1, 0.15) is 0 Å². The number of carbonyl (C=O) groups is 1. The molecule has 4 heteroatoms. The lowest BCUT2D eigenvalue weighted by Crippen LogP contribution is -2.40. The molecule has 3 nitrogen and oxygen atoms in total. The summed E-state index contributed by atoms with van der Waals surface area (Å²) in [5.41, 5.74) is 0.790. The Morgan fingerprint density at radius 1 is 1.50 bits per heavy atom. The highest BCUT2D eigenvalue weighted by Gasteiger charge is 2.20. The third-order valence-electron chi connectivity index (χ3n) is 3.67. The van der Waals surface area contributed by atoms with Crippen molar-refractivity contribution in [2.75, 3.05) is 26.2 Å². The normalized spacial score (nSPS) is 20.0. The highest BCUT2D eigenvalue weighted by molar-refractivity contribution is 9.10. The first-order valence-corrected chi connectivity index (χ1v) is 8.11. The van der Waals surface area contributed by atoms with Gasteiger partial charge in [0, 0.05) is 36.2 Å². The van der Waals surface area contributed by atoms with E-state index in [1.807, 2.05) is 31.2 Å². The van der Waals surface area contributed by atoms with Crippen LogP contribution in [0.25, 0.3) is 0 Å². The molecule has 20 heavy (non-hydrogen) atoms. The summed E-state index contributed by atoms with van der Waals surface area (Å²) in [5.74, 6) is 0.213. The summed E-state index contributed by atoms with van der Waals surface area (Å²) >= 11 is 3.40. The van der Waals surface area contributed by atoms with E-state index in [-0.39, 0.29) is 5.78 Å². The molecular weight excluding hydrogens is 318 g/mol. The smallest absolute Gasteiger partial charge is 0.164 e. The second-order valence-corrected chi connectivity index (χ2v) is 6.12. The van der Waals surface area contributed by atoms with Gasteiger partial charge in [-0.15, -0.1) is 0 Å². The van der Waals surface area contributed by atoms with Crippen molar-refractivity contribution in [3.63, 3.8) is 0 Å². The van der Waals surface area contributed by atoms with Gasteiger partial charge in [-0.3, -0.25) is 4.79 Å². The fourth-order valence-electron chi connectivity index (χ4n) is 2.65. The third kappa shape index (κ3) is 4.69. The minimum absolute atomic E-state index is 0.213. The van der Waals surface area contributed by atoms with E-state index in [0.717, 1.165) is 49.1 Å². The first-order chi connectivity index (χ1) is 9.69. The Hall–Kier alpha value is -0.710. The van der Waals surface area contributed by atoms with E-state index in [0.29, 0.717) is 12.5 Å². The third-order valence-corrected chi connectivity index (χ3v) is 4.16. The molecule has 1 unspecified atom stereocenters. The fourth-order valence-corrected chi connectivity index (χ4v) is 3.05. The molecule has 1 saturated heterocycles. The summed E-state index contributed by atoms with van der Waals surface area (Å²) < 4.78 is 6.64. The average molecular weight is 340 g/mol. The zero-order chi connectivity index (χ0) is 14.4. The van der Waals surface area contributed by atoms with Crippen molar-refractivity contribution >= 4 is 21.7 Å². The van der Waals surface area contributed by atoms with Gasteiger partial charge in [-0.05, 0) is 38.4 Å². The predicted molar refractivity (Wildman–Crippen MR) is 84.2 cm³/mol. The van der Waals surface area contributed by atoms with Gasteiger partial charge in [0.25, 0.3) is 0 Å². The number of hydrogen-bond donors (Lipinski definition) is 0. The van der Waals surface area contributed by atoms with Gasteiger partial charge in [0.15, 0.2) is 5.78 Å². The second kappa shape index (κ2) is 7.91. The van der Waals surface area contributed by atoms with Crippen LogP contribution in [-0.2, 0) is 4.74 Å². The summed E-state index contributed by atoms with van der Waals surface area (Å²) in [4.78, 5) is 14.5. The number of benzene rings is 1.